The molecule has 178 valence electrons. The fraction of sp³-hybridized carbons (Fsp3) is 0.192. The number of benzene rings is 2. The van der Waals surface area contributed by atoms with Gasteiger partial charge < -0.3 is 10.6 Å². The van der Waals surface area contributed by atoms with Crippen LogP contribution in [0.25, 0.3) is 0 Å². The van der Waals surface area contributed by atoms with E-state index in [4.69, 9.17) is 0 Å². The molecule has 8 nitrogen and oxygen atoms in total. The van der Waals surface area contributed by atoms with Gasteiger partial charge in [-0.1, -0.05) is 18.2 Å². The summed E-state index contributed by atoms with van der Waals surface area (Å²) in [5, 5.41) is 6.46. The fourth-order valence-electron chi connectivity index (χ4n) is 3.57. The molecule has 0 atom stereocenters. The van der Waals surface area contributed by atoms with Gasteiger partial charge in [-0.05, 0) is 79.8 Å². The van der Waals surface area contributed by atoms with Crippen LogP contribution in [0.5, 0.6) is 0 Å². The molecule has 1 aliphatic rings. The molecule has 2 aromatic heterocycles. The first-order valence-electron chi connectivity index (χ1n) is 11.4. The van der Waals surface area contributed by atoms with Crippen LogP contribution in [0.15, 0.2) is 84.1 Å². The lowest BCUT2D eigenvalue weighted by Crippen LogP contribution is -2.25. The Morgan fingerprint density at radius 3 is 2.40 bits per heavy atom. The molecule has 1 fully saturated rings. The number of hydrogen-bond donors (Lipinski definition) is 3. The van der Waals surface area contributed by atoms with Crippen LogP contribution in [0.2, 0.25) is 0 Å². The summed E-state index contributed by atoms with van der Waals surface area (Å²) >= 11 is 0. The van der Waals surface area contributed by atoms with Crippen LogP contribution >= 0.6 is 0 Å². The van der Waals surface area contributed by atoms with Crippen LogP contribution in [-0.2, 0) is 16.4 Å². The molecule has 0 spiro atoms. The monoisotopic (exact) mass is 486 g/mol. The Morgan fingerprint density at radius 2 is 1.66 bits per heavy atom. The zero-order valence-corrected chi connectivity index (χ0v) is 20.1. The van der Waals surface area contributed by atoms with Crippen molar-refractivity contribution >= 4 is 33.2 Å². The van der Waals surface area contributed by atoms with Gasteiger partial charge in [0.1, 0.15) is 5.82 Å². The van der Waals surface area contributed by atoms with Crippen LogP contribution in [0, 0.1) is 6.92 Å². The van der Waals surface area contributed by atoms with Gasteiger partial charge in [0.15, 0.2) is 0 Å². The molecule has 0 bridgehead atoms. The maximum absolute atomic E-state index is 12.5. The number of pyridine rings is 1. The minimum Gasteiger partial charge on any atom is -0.340 e. The van der Waals surface area contributed by atoms with Crippen molar-refractivity contribution in [1.29, 1.82) is 0 Å². The Labute approximate surface area is 204 Å². The molecule has 0 saturated heterocycles. The molecule has 0 amide bonds. The van der Waals surface area contributed by atoms with Crippen LogP contribution < -0.4 is 15.4 Å². The van der Waals surface area contributed by atoms with Crippen molar-refractivity contribution < 1.29 is 8.42 Å². The summed E-state index contributed by atoms with van der Waals surface area (Å²) in [4.78, 5) is 13.2. The van der Waals surface area contributed by atoms with E-state index in [0.29, 0.717) is 17.5 Å². The summed E-state index contributed by atoms with van der Waals surface area (Å²) in [5.41, 5.74) is 4.81. The van der Waals surface area contributed by atoms with Crippen molar-refractivity contribution in [2.75, 3.05) is 10.6 Å². The number of aromatic nitrogens is 3. The van der Waals surface area contributed by atoms with Crippen molar-refractivity contribution in [2.24, 2.45) is 0 Å². The molecule has 1 saturated carbocycles. The highest BCUT2D eigenvalue weighted by molar-refractivity contribution is 7.89. The van der Waals surface area contributed by atoms with Gasteiger partial charge in [0.25, 0.3) is 0 Å². The van der Waals surface area contributed by atoms with Crippen molar-refractivity contribution in [2.45, 2.75) is 37.1 Å². The molecule has 5 rings (SSSR count). The van der Waals surface area contributed by atoms with Gasteiger partial charge in [0.2, 0.25) is 16.0 Å². The molecule has 0 radical (unpaired) electrons. The van der Waals surface area contributed by atoms with Crippen LogP contribution in [0.4, 0.5) is 23.1 Å². The van der Waals surface area contributed by atoms with E-state index in [9.17, 15) is 8.42 Å². The summed E-state index contributed by atoms with van der Waals surface area (Å²) in [6.45, 7) is 1.93. The minimum absolute atomic E-state index is 0.0513. The van der Waals surface area contributed by atoms with Crippen molar-refractivity contribution in [3.63, 3.8) is 0 Å². The number of anilines is 4. The van der Waals surface area contributed by atoms with Crippen LogP contribution in [0.3, 0.4) is 0 Å². The van der Waals surface area contributed by atoms with E-state index in [2.05, 4.69) is 42.4 Å². The summed E-state index contributed by atoms with van der Waals surface area (Å²) < 4.78 is 27.8. The van der Waals surface area contributed by atoms with Gasteiger partial charge >= 0.3 is 0 Å². The molecular formula is C26H26N6O2S. The third kappa shape index (κ3) is 6.00. The van der Waals surface area contributed by atoms with Gasteiger partial charge in [-0.15, -0.1) is 0 Å². The third-order valence-corrected chi connectivity index (χ3v) is 7.16. The number of aryl methyl sites for hydroxylation is 1. The van der Waals surface area contributed by atoms with Gasteiger partial charge in [-0.25, -0.2) is 18.1 Å². The summed E-state index contributed by atoms with van der Waals surface area (Å²) in [6.07, 6.45) is 7.94. The Kier molecular flexibility index (Phi) is 6.43. The molecular weight excluding hydrogens is 460 g/mol. The van der Waals surface area contributed by atoms with Crippen LogP contribution in [0.1, 0.15) is 29.5 Å². The van der Waals surface area contributed by atoms with E-state index in [1.165, 1.54) is 11.1 Å². The molecule has 0 unspecified atom stereocenters. The first-order chi connectivity index (χ1) is 16.9. The number of rotatable bonds is 9. The Balaban J connectivity index is 1.28. The zero-order valence-electron chi connectivity index (χ0n) is 19.3. The first-order valence-corrected chi connectivity index (χ1v) is 12.9. The fourth-order valence-corrected chi connectivity index (χ4v) is 4.92. The first kappa shape index (κ1) is 22.9. The average molecular weight is 487 g/mol. The van der Waals surface area contributed by atoms with E-state index >= 15 is 0 Å². The predicted octanol–water partition coefficient (Wildman–Crippen LogP) is 4.70. The SMILES string of the molecule is Cc1cnc(Nc2cccc(S(=O)(=O)NC3CC3)c2)nc1Nc1ccc(Cc2ccncc2)cc1. The molecule has 2 heterocycles. The molecule has 9 heteroatoms. The van der Waals surface area contributed by atoms with Crippen LogP contribution in [-0.4, -0.2) is 29.4 Å². The van der Waals surface area contributed by atoms with Crippen molar-refractivity contribution in [3.05, 3.63) is 95.9 Å². The van der Waals surface area contributed by atoms with Gasteiger partial charge in [-0.3, -0.25) is 4.98 Å². The standard InChI is InChI=1S/C26H26N6O2S/c1-18-17-28-26(30-23-3-2-4-24(16-23)35(33,34)32-22-9-10-22)31-25(18)29-21-7-5-19(6-8-21)15-20-11-13-27-14-12-20/h2-8,11-14,16-17,22,32H,9-10,15H2,1H3,(H2,28,29,30,31). The average Bonchev–Trinajstić information content (AvgIpc) is 3.67. The second-order valence-electron chi connectivity index (χ2n) is 8.63. The smallest absolute Gasteiger partial charge is 0.240 e. The number of nitrogens with zero attached hydrogens (tertiary/aromatic N) is 3. The molecule has 3 N–H and O–H groups in total. The lowest BCUT2D eigenvalue weighted by molar-refractivity contribution is 0.581. The topological polar surface area (TPSA) is 109 Å². The highest BCUT2D eigenvalue weighted by Crippen LogP contribution is 2.25. The van der Waals surface area contributed by atoms with E-state index in [-0.39, 0.29) is 10.9 Å². The Bertz CT molecular complexity index is 1420. The van der Waals surface area contributed by atoms with E-state index in [0.717, 1.165) is 30.5 Å². The third-order valence-electron chi connectivity index (χ3n) is 5.65. The summed E-state index contributed by atoms with van der Waals surface area (Å²) in [6, 6.07) is 18.9. The predicted molar refractivity (Wildman–Crippen MR) is 137 cm³/mol. The highest BCUT2D eigenvalue weighted by Gasteiger charge is 2.28. The second kappa shape index (κ2) is 9.81. The lowest BCUT2D eigenvalue weighted by atomic mass is 10.1. The molecule has 1 aliphatic carbocycles. The second-order valence-corrected chi connectivity index (χ2v) is 10.3. The summed E-state index contributed by atoms with van der Waals surface area (Å²) in [5.74, 6) is 1.04. The number of nitrogens with one attached hydrogen (secondary N) is 3. The highest BCUT2D eigenvalue weighted by atomic mass is 32.2. The number of sulfonamides is 1. The van der Waals surface area contributed by atoms with Gasteiger partial charge in [0.05, 0.1) is 4.90 Å². The lowest BCUT2D eigenvalue weighted by Gasteiger charge is -2.12. The molecule has 4 aromatic rings. The maximum atomic E-state index is 12.5. The Morgan fingerprint density at radius 1 is 0.914 bits per heavy atom. The van der Waals surface area contributed by atoms with E-state index < -0.39 is 10.0 Å². The van der Waals surface area contributed by atoms with Gasteiger partial charge in [0, 0.05) is 41.6 Å². The zero-order chi connectivity index (χ0) is 24.3. The summed E-state index contributed by atoms with van der Waals surface area (Å²) in [7, 11) is -3.54. The largest absolute Gasteiger partial charge is 0.340 e. The Hall–Kier alpha value is -3.82. The number of hydrogen-bond acceptors (Lipinski definition) is 7. The normalized spacial score (nSPS) is 13.4. The van der Waals surface area contributed by atoms with Crippen molar-refractivity contribution in [3.8, 4) is 0 Å². The molecule has 2 aromatic carbocycles. The minimum atomic E-state index is -3.54. The van der Waals surface area contributed by atoms with Crippen molar-refractivity contribution in [1.82, 2.24) is 19.7 Å². The molecule has 0 aliphatic heterocycles. The van der Waals surface area contributed by atoms with Gasteiger partial charge in [-0.2, -0.15) is 4.98 Å². The quantitative estimate of drug-likeness (QED) is 0.315. The maximum Gasteiger partial charge on any atom is 0.240 e. The van der Waals surface area contributed by atoms with E-state index in [1.54, 1.807) is 42.9 Å². The van der Waals surface area contributed by atoms with E-state index in [1.807, 2.05) is 31.2 Å². The molecule has 35 heavy (non-hydrogen) atoms.